The van der Waals surface area contributed by atoms with Crippen LogP contribution in [0.1, 0.15) is 33.6 Å². The highest BCUT2D eigenvalue weighted by molar-refractivity contribution is 5.90. The summed E-state index contributed by atoms with van der Waals surface area (Å²) in [6.07, 6.45) is 1.98. The summed E-state index contributed by atoms with van der Waals surface area (Å²) < 4.78 is 0. The second-order valence-corrected chi connectivity index (χ2v) is 5.60. The van der Waals surface area contributed by atoms with E-state index in [1.165, 1.54) is 4.90 Å². The monoisotopic (exact) mass is 241 g/mol. The maximum Gasteiger partial charge on any atom is 0.243 e. The Hall–Kier alpha value is -1.10. The van der Waals surface area contributed by atoms with Gasteiger partial charge in [-0.2, -0.15) is 0 Å². The number of nitrogens with two attached hydrogens (primary N) is 2. The first-order chi connectivity index (χ1) is 7.75. The highest BCUT2D eigenvalue weighted by Gasteiger charge is 2.46. The molecule has 0 aliphatic heterocycles. The van der Waals surface area contributed by atoms with E-state index >= 15 is 0 Å². The summed E-state index contributed by atoms with van der Waals surface area (Å²) in [5, 5.41) is 0. The van der Waals surface area contributed by atoms with Crippen LogP contribution in [0.4, 0.5) is 0 Å². The molecule has 2 amide bonds. The maximum atomic E-state index is 12.3. The molecule has 0 heterocycles. The minimum absolute atomic E-state index is 0.0451. The first kappa shape index (κ1) is 14.0. The van der Waals surface area contributed by atoms with Crippen LogP contribution in [0.3, 0.4) is 0 Å². The molecule has 1 fully saturated rings. The Morgan fingerprint density at radius 1 is 1.41 bits per heavy atom. The van der Waals surface area contributed by atoms with Crippen LogP contribution in [0.25, 0.3) is 0 Å². The number of hydrogen-bond donors (Lipinski definition) is 2. The maximum absolute atomic E-state index is 12.3. The molecule has 1 unspecified atom stereocenters. The van der Waals surface area contributed by atoms with Crippen LogP contribution >= 0.6 is 0 Å². The van der Waals surface area contributed by atoms with E-state index in [1.807, 2.05) is 13.8 Å². The zero-order valence-corrected chi connectivity index (χ0v) is 10.9. The Morgan fingerprint density at radius 3 is 2.29 bits per heavy atom. The lowest BCUT2D eigenvalue weighted by Crippen LogP contribution is -2.57. The summed E-state index contributed by atoms with van der Waals surface area (Å²) in [6.45, 7) is 6.21. The SMILES string of the molecule is CC(C)CN(CC(N)=O)C(=O)C(C)(N)C1CC1. The Bertz CT molecular complexity index is 309. The van der Waals surface area contributed by atoms with Crippen molar-refractivity contribution in [2.45, 2.75) is 39.2 Å². The van der Waals surface area contributed by atoms with E-state index in [1.54, 1.807) is 6.92 Å². The van der Waals surface area contributed by atoms with Crippen LogP contribution in [0.5, 0.6) is 0 Å². The molecule has 0 saturated heterocycles. The van der Waals surface area contributed by atoms with E-state index in [9.17, 15) is 9.59 Å². The fourth-order valence-electron chi connectivity index (χ4n) is 2.05. The molecule has 0 aromatic carbocycles. The molecule has 0 radical (unpaired) electrons. The third kappa shape index (κ3) is 3.70. The number of carbonyl (C=O) groups is 2. The van der Waals surface area contributed by atoms with Crippen molar-refractivity contribution in [3.63, 3.8) is 0 Å². The first-order valence-corrected chi connectivity index (χ1v) is 6.11. The van der Waals surface area contributed by atoms with Crippen molar-refractivity contribution in [3.8, 4) is 0 Å². The Kier molecular flexibility index (Phi) is 4.14. The van der Waals surface area contributed by atoms with Crippen molar-refractivity contribution >= 4 is 11.8 Å². The normalized spacial score (nSPS) is 18.9. The summed E-state index contributed by atoms with van der Waals surface area (Å²) in [6, 6.07) is 0. The van der Waals surface area contributed by atoms with Crippen LogP contribution in [-0.4, -0.2) is 35.3 Å². The minimum Gasteiger partial charge on any atom is -0.368 e. The van der Waals surface area contributed by atoms with Gasteiger partial charge in [0.1, 0.15) is 0 Å². The molecule has 0 spiro atoms. The number of primary amides is 1. The number of hydrogen-bond acceptors (Lipinski definition) is 3. The molecule has 5 nitrogen and oxygen atoms in total. The summed E-state index contributed by atoms with van der Waals surface area (Å²) in [4.78, 5) is 24.8. The van der Waals surface area contributed by atoms with Crippen LogP contribution in [0.2, 0.25) is 0 Å². The van der Waals surface area contributed by atoms with Gasteiger partial charge in [-0.15, -0.1) is 0 Å². The van der Waals surface area contributed by atoms with Crippen molar-refractivity contribution in [2.75, 3.05) is 13.1 Å². The van der Waals surface area contributed by atoms with Gasteiger partial charge < -0.3 is 16.4 Å². The van der Waals surface area contributed by atoms with E-state index in [0.717, 1.165) is 12.8 Å². The zero-order valence-electron chi connectivity index (χ0n) is 10.9. The highest BCUT2D eigenvalue weighted by Crippen LogP contribution is 2.39. The Balaban J connectivity index is 2.73. The van der Waals surface area contributed by atoms with Gasteiger partial charge in [-0.1, -0.05) is 13.8 Å². The lowest BCUT2D eigenvalue weighted by molar-refractivity contribution is -0.140. The van der Waals surface area contributed by atoms with E-state index in [0.29, 0.717) is 6.54 Å². The van der Waals surface area contributed by atoms with Crippen molar-refractivity contribution in [1.82, 2.24) is 4.90 Å². The van der Waals surface area contributed by atoms with Crippen LogP contribution in [-0.2, 0) is 9.59 Å². The molecule has 98 valence electrons. The van der Waals surface area contributed by atoms with E-state index in [-0.39, 0.29) is 24.3 Å². The molecule has 1 aliphatic carbocycles. The summed E-state index contributed by atoms with van der Waals surface area (Å²) in [5.74, 6) is -0.121. The van der Waals surface area contributed by atoms with Crippen LogP contribution < -0.4 is 11.5 Å². The topological polar surface area (TPSA) is 89.4 Å². The number of rotatable bonds is 6. The van der Waals surface area contributed by atoms with Gasteiger partial charge in [0, 0.05) is 6.54 Å². The molecule has 1 rings (SSSR count). The van der Waals surface area contributed by atoms with E-state index < -0.39 is 11.4 Å². The van der Waals surface area contributed by atoms with Crippen molar-refractivity contribution in [2.24, 2.45) is 23.3 Å². The quantitative estimate of drug-likeness (QED) is 0.690. The van der Waals surface area contributed by atoms with Gasteiger partial charge >= 0.3 is 0 Å². The summed E-state index contributed by atoms with van der Waals surface area (Å²) >= 11 is 0. The van der Waals surface area contributed by atoms with Crippen molar-refractivity contribution < 1.29 is 9.59 Å². The standard InChI is InChI=1S/C12H23N3O2/c1-8(2)6-15(7-10(13)16)11(17)12(3,14)9-4-5-9/h8-9H,4-7,14H2,1-3H3,(H2,13,16). The van der Waals surface area contributed by atoms with Gasteiger partial charge in [0.25, 0.3) is 0 Å². The smallest absolute Gasteiger partial charge is 0.243 e. The van der Waals surface area contributed by atoms with Crippen LogP contribution in [0.15, 0.2) is 0 Å². The van der Waals surface area contributed by atoms with Gasteiger partial charge in [0.15, 0.2) is 0 Å². The minimum atomic E-state index is -0.857. The summed E-state index contributed by atoms with van der Waals surface area (Å²) in [5.41, 5.74) is 10.4. The Morgan fingerprint density at radius 2 is 1.94 bits per heavy atom. The largest absolute Gasteiger partial charge is 0.368 e. The molecular weight excluding hydrogens is 218 g/mol. The average molecular weight is 241 g/mol. The lowest BCUT2D eigenvalue weighted by atomic mass is 9.95. The zero-order chi connectivity index (χ0) is 13.2. The number of nitrogens with zero attached hydrogens (tertiary/aromatic N) is 1. The molecule has 0 bridgehead atoms. The third-order valence-electron chi connectivity index (χ3n) is 3.11. The van der Waals surface area contributed by atoms with Gasteiger partial charge in [-0.05, 0) is 31.6 Å². The van der Waals surface area contributed by atoms with Crippen molar-refractivity contribution in [1.29, 1.82) is 0 Å². The van der Waals surface area contributed by atoms with E-state index in [4.69, 9.17) is 11.5 Å². The van der Waals surface area contributed by atoms with Gasteiger partial charge in [-0.3, -0.25) is 9.59 Å². The van der Waals surface area contributed by atoms with Gasteiger partial charge in [0.2, 0.25) is 11.8 Å². The van der Waals surface area contributed by atoms with E-state index in [2.05, 4.69) is 0 Å². The predicted molar refractivity (Wildman–Crippen MR) is 65.9 cm³/mol. The average Bonchev–Trinajstić information content (AvgIpc) is 2.96. The second-order valence-electron chi connectivity index (χ2n) is 5.60. The molecule has 1 atom stereocenters. The molecule has 0 aromatic rings. The Labute approximate surface area is 103 Å². The van der Waals surface area contributed by atoms with Crippen molar-refractivity contribution in [3.05, 3.63) is 0 Å². The fourth-order valence-corrected chi connectivity index (χ4v) is 2.05. The lowest BCUT2D eigenvalue weighted by Gasteiger charge is -2.32. The molecule has 0 aromatic heterocycles. The predicted octanol–water partition coefficient (Wildman–Crippen LogP) is 0.0837. The molecule has 4 N–H and O–H groups in total. The molecule has 1 aliphatic rings. The third-order valence-corrected chi connectivity index (χ3v) is 3.11. The molecule has 1 saturated carbocycles. The number of amides is 2. The molecule has 17 heavy (non-hydrogen) atoms. The highest BCUT2D eigenvalue weighted by atomic mass is 16.2. The first-order valence-electron chi connectivity index (χ1n) is 6.11. The van der Waals surface area contributed by atoms with Gasteiger partial charge in [-0.25, -0.2) is 0 Å². The molecular formula is C12H23N3O2. The van der Waals surface area contributed by atoms with Gasteiger partial charge in [0.05, 0.1) is 12.1 Å². The summed E-state index contributed by atoms with van der Waals surface area (Å²) in [7, 11) is 0. The number of carbonyl (C=O) groups excluding carboxylic acids is 2. The second kappa shape index (κ2) is 5.04. The van der Waals surface area contributed by atoms with Crippen LogP contribution in [0, 0.1) is 11.8 Å². The fraction of sp³-hybridized carbons (Fsp3) is 0.833. The molecule has 5 heteroatoms.